The SMILES string of the molecule is N#CCCc1ncc(-c2ccc3c(c2)NC(=O)CO3)[nH]1. The monoisotopic (exact) mass is 268 g/mol. The fourth-order valence-corrected chi connectivity index (χ4v) is 2.06. The number of aromatic amines is 1. The summed E-state index contributed by atoms with van der Waals surface area (Å²) in [6, 6.07) is 7.65. The largest absolute Gasteiger partial charge is 0.482 e. The fourth-order valence-electron chi connectivity index (χ4n) is 2.06. The van der Waals surface area contributed by atoms with Gasteiger partial charge in [-0.3, -0.25) is 4.79 Å². The van der Waals surface area contributed by atoms with E-state index in [-0.39, 0.29) is 12.5 Å². The van der Waals surface area contributed by atoms with Crippen LogP contribution >= 0.6 is 0 Å². The number of carbonyl (C=O) groups excluding carboxylic acids is 1. The summed E-state index contributed by atoms with van der Waals surface area (Å²) in [5.74, 6) is 1.28. The first kappa shape index (κ1) is 12.2. The topological polar surface area (TPSA) is 90.8 Å². The molecule has 1 aromatic heterocycles. The van der Waals surface area contributed by atoms with Crippen LogP contribution in [0.4, 0.5) is 5.69 Å². The second-order valence-electron chi connectivity index (χ2n) is 4.45. The van der Waals surface area contributed by atoms with Gasteiger partial charge >= 0.3 is 0 Å². The Labute approximate surface area is 115 Å². The maximum absolute atomic E-state index is 11.3. The summed E-state index contributed by atoms with van der Waals surface area (Å²) in [4.78, 5) is 18.7. The van der Waals surface area contributed by atoms with Crippen molar-refractivity contribution in [1.29, 1.82) is 5.26 Å². The highest BCUT2D eigenvalue weighted by Gasteiger charge is 2.16. The summed E-state index contributed by atoms with van der Waals surface area (Å²) in [5, 5.41) is 11.3. The van der Waals surface area contributed by atoms with Crippen molar-refractivity contribution in [1.82, 2.24) is 9.97 Å². The summed E-state index contributed by atoms with van der Waals surface area (Å²) in [6.07, 6.45) is 2.75. The molecule has 0 spiro atoms. The molecular weight excluding hydrogens is 256 g/mol. The average Bonchev–Trinajstić information content (AvgIpc) is 2.93. The van der Waals surface area contributed by atoms with Crippen LogP contribution in [0.3, 0.4) is 0 Å². The molecule has 0 bridgehead atoms. The zero-order valence-electron chi connectivity index (χ0n) is 10.6. The Morgan fingerprint density at radius 1 is 1.45 bits per heavy atom. The first-order chi connectivity index (χ1) is 9.76. The average molecular weight is 268 g/mol. The summed E-state index contributed by atoms with van der Waals surface area (Å²) in [6.45, 7) is 0.0503. The molecule has 6 nitrogen and oxygen atoms in total. The van der Waals surface area contributed by atoms with Crippen LogP contribution in [0.25, 0.3) is 11.3 Å². The van der Waals surface area contributed by atoms with Crippen molar-refractivity contribution in [2.45, 2.75) is 12.8 Å². The van der Waals surface area contributed by atoms with E-state index >= 15 is 0 Å². The number of aromatic nitrogens is 2. The first-order valence-electron chi connectivity index (χ1n) is 6.24. The van der Waals surface area contributed by atoms with Gasteiger partial charge in [-0.05, 0) is 18.2 Å². The molecule has 2 aromatic rings. The van der Waals surface area contributed by atoms with Crippen LogP contribution in [0.5, 0.6) is 5.75 Å². The predicted octanol–water partition coefficient (Wildman–Crippen LogP) is 1.86. The maximum atomic E-state index is 11.3. The second-order valence-corrected chi connectivity index (χ2v) is 4.45. The molecule has 2 N–H and O–H groups in total. The van der Waals surface area contributed by atoms with Crippen LogP contribution in [0.15, 0.2) is 24.4 Å². The number of imidazole rings is 1. The molecule has 3 rings (SSSR count). The lowest BCUT2D eigenvalue weighted by Crippen LogP contribution is -2.25. The Hall–Kier alpha value is -2.81. The zero-order valence-corrected chi connectivity index (χ0v) is 10.6. The first-order valence-corrected chi connectivity index (χ1v) is 6.24. The number of carbonyl (C=O) groups is 1. The Morgan fingerprint density at radius 2 is 2.35 bits per heavy atom. The van der Waals surface area contributed by atoms with Gasteiger partial charge in [-0.15, -0.1) is 0 Å². The van der Waals surface area contributed by atoms with Gasteiger partial charge in [0.15, 0.2) is 6.61 Å². The van der Waals surface area contributed by atoms with Crippen molar-refractivity contribution in [3.8, 4) is 23.1 Å². The van der Waals surface area contributed by atoms with E-state index in [1.165, 1.54) is 0 Å². The Balaban J connectivity index is 1.87. The van der Waals surface area contributed by atoms with Crippen LogP contribution in [0.1, 0.15) is 12.2 Å². The molecule has 1 amide bonds. The van der Waals surface area contributed by atoms with Crippen molar-refractivity contribution in [3.63, 3.8) is 0 Å². The van der Waals surface area contributed by atoms with E-state index in [1.807, 2.05) is 18.2 Å². The van der Waals surface area contributed by atoms with E-state index in [2.05, 4.69) is 21.4 Å². The van der Waals surface area contributed by atoms with Gasteiger partial charge in [-0.25, -0.2) is 4.98 Å². The molecule has 0 saturated carbocycles. The van der Waals surface area contributed by atoms with Crippen molar-refractivity contribution in [2.24, 2.45) is 0 Å². The maximum Gasteiger partial charge on any atom is 0.262 e. The molecule has 0 fully saturated rings. The summed E-state index contributed by atoms with van der Waals surface area (Å²) in [5.41, 5.74) is 2.41. The van der Waals surface area contributed by atoms with E-state index in [9.17, 15) is 4.79 Å². The quantitative estimate of drug-likeness (QED) is 0.888. The lowest BCUT2D eigenvalue weighted by atomic mass is 10.1. The van der Waals surface area contributed by atoms with Crippen LogP contribution in [0.2, 0.25) is 0 Å². The number of hydrogen-bond acceptors (Lipinski definition) is 4. The lowest BCUT2D eigenvalue weighted by Gasteiger charge is -2.18. The molecule has 100 valence electrons. The van der Waals surface area contributed by atoms with Gasteiger partial charge in [-0.2, -0.15) is 5.26 Å². The van der Waals surface area contributed by atoms with Gasteiger partial charge in [0.1, 0.15) is 11.6 Å². The van der Waals surface area contributed by atoms with Gasteiger partial charge in [0.05, 0.1) is 23.6 Å². The van der Waals surface area contributed by atoms with E-state index < -0.39 is 0 Å². The van der Waals surface area contributed by atoms with Gasteiger partial charge < -0.3 is 15.0 Å². The molecule has 2 heterocycles. The molecule has 0 saturated heterocycles. The van der Waals surface area contributed by atoms with Gasteiger partial charge in [0.25, 0.3) is 5.91 Å². The van der Waals surface area contributed by atoms with E-state index in [0.717, 1.165) is 17.1 Å². The van der Waals surface area contributed by atoms with Crippen molar-refractivity contribution < 1.29 is 9.53 Å². The highest BCUT2D eigenvalue weighted by Crippen LogP contribution is 2.32. The highest BCUT2D eigenvalue weighted by atomic mass is 16.5. The number of benzene rings is 1. The number of hydrogen-bond donors (Lipinski definition) is 2. The number of nitriles is 1. The third kappa shape index (κ3) is 2.34. The number of fused-ring (bicyclic) bond motifs is 1. The minimum atomic E-state index is -0.158. The molecule has 6 heteroatoms. The minimum absolute atomic E-state index is 0.0503. The molecule has 0 radical (unpaired) electrons. The molecule has 0 unspecified atom stereocenters. The van der Waals surface area contributed by atoms with E-state index in [0.29, 0.717) is 24.3 Å². The molecule has 1 aromatic carbocycles. The van der Waals surface area contributed by atoms with E-state index in [1.54, 1.807) is 6.20 Å². The molecular formula is C14H12N4O2. The lowest BCUT2D eigenvalue weighted by molar-refractivity contribution is -0.118. The molecule has 0 aliphatic carbocycles. The summed E-state index contributed by atoms with van der Waals surface area (Å²) in [7, 11) is 0. The third-order valence-corrected chi connectivity index (χ3v) is 3.03. The Morgan fingerprint density at radius 3 is 3.20 bits per heavy atom. The van der Waals surface area contributed by atoms with Crippen LogP contribution in [-0.4, -0.2) is 22.5 Å². The van der Waals surface area contributed by atoms with Gasteiger partial charge in [-0.1, -0.05) is 0 Å². The number of amides is 1. The predicted molar refractivity (Wildman–Crippen MR) is 72.1 cm³/mol. The second kappa shape index (κ2) is 5.05. The highest BCUT2D eigenvalue weighted by molar-refractivity contribution is 5.96. The van der Waals surface area contributed by atoms with Crippen molar-refractivity contribution in [3.05, 3.63) is 30.2 Å². The van der Waals surface area contributed by atoms with Gasteiger partial charge in [0.2, 0.25) is 0 Å². The summed E-state index contributed by atoms with van der Waals surface area (Å²) < 4.78 is 5.31. The smallest absolute Gasteiger partial charge is 0.262 e. The number of H-pyrrole nitrogens is 1. The van der Waals surface area contributed by atoms with Crippen LogP contribution < -0.4 is 10.1 Å². The van der Waals surface area contributed by atoms with Crippen molar-refractivity contribution >= 4 is 11.6 Å². The normalized spacial score (nSPS) is 13.1. The summed E-state index contributed by atoms with van der Waals surface area (Å²) >= 11 is 0. The van der Waals surface area contributed by atoms with E-state index in [4.69, 9.17) is 10.00 Å². The number of aryl methyl sites for hydroxylation is 1. The third-order valence-electron chi connectivity index (χ3n) is 3.03. The van der Waals surface area contributed by atoms with Crippen LogP contribution in [-0.2, 0) is 11.2 Å². The van der Waals surface area contributed by atoms with Crippen LogP contribution in [0, 0.1) is 11.3 Å². The standard InChI is InChI=1S/C14H12N4O2/c15-5-1-2-13-16-7-11(17-13)9-3-4-12-10(6-9)18-14(19)8-20-12/h3-4,6-7H,1-2,8H2,(H,16,17)(H,18,19). The van der Waals surface area contributed by atoms with Gasteiger partial charge in [0, 0.05) is 18.4 Å². The number of nitrogens with zero attached hydrogens (tertiary/aromatic N) is 2. The molecule has 1 aliphatic rings. The number of nitrogens with one attached hydrogen (secondary N) is 2. The molecule has 20 heavy (non-hydrogen) atoms. The minimum Gasteiger partial charge on any atom is -0.482 e. The fraction of sp³-hybridized carbons (Fsp3) is 0.214. The number of rotatable bonds is 3. The Kier molecular flexibility index (Phi) is 3.09. The zero-order chi connectivity index (χ0) is 13.9. The van der Waals surface area contributed by atoms with Crippen molar-refractivity contribution in [2.75, 3.05) is 11.9 Å². The Bertz CT molecular complexity index is 699. The number of anilines is 1. The number of ether oxygens (including phenoxy) is 1. The molecule has 1 aliphatic heterocycles. The molecule has 0 atom stereocenters.